The Hall–Kier alpha value is -2.55. The number of nitrogens with one attached hydrogen (secondary N) is 1. The van der Waals surface area contributed by atoms with Crippen molar-refractivity contribution < 1.29 is 9.53 Å². The zero-order chi connectivity index (χ0) is 12.8. The Labute approximate surface area is 109 Å². The van der Waals surface area contributed by atoms with Crippen LogP contribution in [0.15, 0.2) is 54.7 Å². The van der Waals surface area contributed by atoms with Gasteiger partial charge in [0.05, 0.1) is 5.56 Å². The standard InChI is InChI=1S/C16H11NO2/c18-16-12-7-2-1-6-11(12)15(19-16)13-9-17-14-8-4-3-5-10(13)14/h1-9,15,17H/t15-/m1/s1. The highest BCUT2D eigenvalue weighted by atomic mass is 16.5. The van der Waals surface area contributed by atoms with E-state index in [1.807, 2.05) is 54.7 Å². The van der Waals surface area contributed by atoms with Gasteiger partial charge in [-0.25, -0.2) is 4.79 Å². The second-order valence-corrected chi connectivity index (χ2v) is 4.66. The van der Waals surface area contributed by atoms with E-state index in [4.69, 9.17) is 4.74 Å². The fourth-order valence-corrected chi connectivity index (χ4v) is 2.69. The molecule has 0 radical (unpaired) electrons. The van der Waals surface area contributed by atoms with Gasteiger partial charge in [0.25, 0.3) is 0 Å². The average Bonchev–Trinajstić information content (AvgIpc) is 3.01. The Morgan fingerprint density at radius 1 is 0.947 bits per heavy atom. The van der Waals surface area contributed by atoms with E-state index in [-0.39, 0.29) is 12.1 Å². The molecule has 4 rings (SSSR count). The van der Waals surface area contributed by atoms with Crippen LogP contribution in [0.2, 0.25) is 0 Å². The number of carbonyl (C=O) groups excluding carboxylic acids is 1. The summed E-state index contributed by atoms with van der Waals surface area (Å²) < 4.78 is 5.53. The fraction of sp³-hybridized carbons (Fsp3) is 0.0625. The van der Waals surface area contributed by atoms with Crippen molar-refractivity contribution in [2.45, 2.75) is 6.10 Å². The number of H-pyrrole nitrogens is 1. The molecule has 1 aliphatic heterocycles. The maximum absolute atomic E-state index is 11.9. The Balaban J connectivity index is 1.93. The van der Waals surface area contributed by atoms with Crippen LogP contribution >= 0.6 is 0 Å². The Bertz CT molecular complexity index is 788. The van der Waals surface area contributed by atoms with Crippen LogP contribution in [0.5, 0.6) is 0 Å². The molecule has 2 aromatic carbocycles. The molecule has 1 aliphatic rings. The second kappa shape index (κ2) is 3.72. The number of hydrogen-bond donors (Lipinski definition) is 1. The highest BCUT2D eigenvalue weighted by Crippen LogP contribution is 2.38. The number of esters is 1. The molecule has 0 bridgehead atoms. The van der Waals surface area contributed by atoms with Gasteiger partial charge in [-0.1, -0.05) is 36.4 Å². The van der Waals surface area contributed by atoms with Crippen LogP contribution in [0.1, 0.15) is 27.6 Å². The monoisotopic (exact) mass is 249 g/mol. The zero-order valence-corrected chi connectivity index (χ0v) is 10.1. The average molecular weight is 249 g/mol. The van der Waals surface area contributed by atoms with E-state index in [9.17, 15) is 4.79 Å². The molecule has 1 N–H and O–H groups in total. The zero-order valence-electron chi connectivity index (χ0n) is 10.1. The molecule has 0 saturated carbocycles. The van der Waals surface area contributed by atoms with Crippen molar-refractivity contribution in [3.05, 3.63) is 71.4 Å². The third kappa shape index (κ3) is 1.41. The molecular formula is C16H11NO2. The molecule has 0 spiro atoms. The topological polar surface area (TPSA) is 42.1 Å². The Kier molecular flexibility index (Phi) is 2.03. The first-order chi connectivity index (χ1) is 9.34. The van der Waals surface area contributed by atoms with Crippen LogP contribution in [0, 0.1) is 0 Å². The minimum absolute atomic E-state index is 0.245. The minimum atomic E-state index is -0.306. The molecule has 0 amide bonds. The number of fused-ring (bicyclic) bond motifs is 2. The normalized spacial score (nSPS) is 17.5. The summed E-state index contributed by atoms with van der Waals surface area (Å²) in [5.74, 6) is -0.245. The molecule has 19 heavy (non-hydrogen) atoms. The van der Waals surface area contributed by atoms with Crippen molar-refractivity contribution in [1.82, 2.24) is 4.98 Å². The molecule has 0 unspecified atom stereocenters. The Morgan fingerprint density at radius 2 is 1.74 bits per heavy atom. The lowest BCUT2D eigenvalue weighted by molar-refractivity contribution is 0.0458. The van der Waals surface area contributed by atoms with Crippen molar-refractivity contribution in [1.29, 1.82) is 0 Å². The van der Waals surface area contributed by atoms with Crippen LogP contribution in [-0.2, 0) is 4.74 Å². The third-order valence-electron chi connectivity index (χ3n) is 3.59. The van der Waals surface area contributed by atoms with Gasteiger partial charge in [0.15, 0.2) is 6.10 Å². The number of rotatable bonds is 1. The quantitative estimate of drug-likeness (QED) is 0.671. The smallest absolute Gasteiger partial charge is 0.339 e. The van der Waals surface area contributed by atoms with Crippen LogP contribution in [0.3, 0.4) is 0 Å². The van der Waals surface area contributed by atoms with E-state index >= 15 is 0 Å². The SMILES string of the molecule is O=C1O[C@@H](c2c[nH]c3ccccc23)c2ccccc21. The lowest BCUT2D eigenvalue weighted by Gasteiger charge is -2.09. The first-order valence-electron chi connectivity index (χ1n) is 6.20. The lowest BCUT2D eigenvalue weighted by atomic mass is 9.99. The second-order valence-electron chi connectivity index (χ2n) is 4.66. The summed E-state index contributed by atoms with van der Waals surface area (Å²) >= 11 is 0. The lowest BCUT2D eigenvalue weighted by Crippen LogP contribution is -1.99. The van der Waals surface area contributed by atoms with Gasteiger partial charge < -0.3 is 9.72 Å². The summed E-state index contributed by atoms with van der Waals surface area (Å²) in [6.07, 6.45) is 1.62. The van der Waals surface area contributed by atoms with Crippen LogP contribution in [0.25, 0.3) is 10.9 Å². The van der Waals surface area contributed by atoms with E-state index in [0.717, 1.165) is 22.0 Å². The molecule has 0 fully saturated rings. The molecule has 92 valence electrons. The molecule has 1 atom stereocenters. The van der Waals surface area contributed by atoms with Crippen molar-refractivity contribution >= 4 is 16.9 Å². The molecule has 0 aliphatic carbocycles. The van der Waals surface area contributed by atoms with Gasteiger partial charge in [-0.3, -0.25) is 0 Å². The number of benzene rings is 2. The number of cyclic esters (lactones) is 1. The van der Waals surface area contributed by atoms with Gasteiger partial charge >= 0.3 is 5.97 Å². The molecule has 3 aromatic rings. The molecule has 3 nitrogen and oxygen atoms in total. The van der Waals surface area contributed by atoms with Gasteiger partial charge in [-0.2, -0.15) is 0 Å². The number of para-hydroxylation sites is 1. The van der Waals surface area contributed by atoms with Crippen molar-refractivity contribution in [2.75, 3.05) is 0 Å². The number of aromatic nitrogens is 1. The third-order valence-corrected chi connectivity index (χ3v) is 3.59. The van der Waals surface area contributed by atoms with Gasteiger partial charge in [0, 0.05) is 28.2 Å². The van der Waals surface area contributed by atoms with E-state index in [1.165, 1.54) is 0 Å². The summed E-state index contributed by atoms with van der Waals surface area (Å²) in [6, 6.07) is 15.6. The first kappa shape index (κ1) is 10.4. The number of carbonyl (C=O) groups is 1. The maximum atomic E-state index is 11.9. The Morgan fingerprint density at radius 3 is 2.68 bits per heavy atom. The highest BCUT2D eigenvalue weighted by molar-refractivity contribution is 5.95. The van der Waals surface area contributed by atoms with Crippen LogP contribution < -0.4 is 0 Å². The molecule has 2 heterocycles. The molecule has 0 saturated heterocycles. The summed E-state index contributed by atoms with van der Waals surface area (Å²) in [7, 11) is 0. The fourth-order valence-electron chi connectivity index (χ4n) is 2.69. The van der Waals surface area contributed by atoms with E-state index < -0.39 is 0 Å². The highest BCUT2D eigenvalue weighted by Gasteiger charge is 2.32. The van der Waals surface area contributed by atoms with Crippen molar-refractivity contribution in [3.63, 3.8) is 0 Å². The van der Waals surface area contributed by atoms with E-state index in [0.29, 0.717) is 5.56 Å². The number of hydrogen-bond acceptors (Lipinski definition) is 2. The maximum Gasteiger partial charge on any atom is 0.339 e. The van der Waals surface area contributed by atoms with Crippen molar-refractivity contribution in [2.24, 2.45) is 0 Å². The molecule has 3 heteroatoms. The van der Waals surface area contributed by atoms with E-state index in [1.54, 1.807) is 0 Å². The number of aromatic amines is 1. The predicted octanol–water partition coefficient (Wildman–Crippen LogP) is 3.43. The van der Waals surface area contributed by atoms with Crippen molar-refractivity contribution in [3.8, 4) is 0 Å². The minimum Gasteiger partial charge on any atom is -0.449 e. The number of ether oxygens (including phenoxy) is 1. The predicted molar refractivity (Wildman–Crippen MR) is 72.0 cm³/mol. The largest absolute Gasteiger partial charge is 0.449 e. The van der Waals surface area contributed by atoms with Gasteiger partial charge in [0.2, 0.25) is 0 Å². The van der Waals surface area contributed by atoms with Gasteiger partial charge in [-0.05, 0) is 12.1 Å². The summed E-state index contributed by atoms with van der Waals surface area (Å²) in [4.78, 5) is 15.1. The van der Waals surface area contributed by atoms with Crippen LogP contribution in [0.4, 0.5) is 0 Å². The first-order valence-corrected chi connectivity index (χ1v) is 6.20. The van der Waals surface area contributed by atoms with E-state index in [2.05, 4.69) is 4.98 Å². The summed E-state index contributed by atoms with van der Waals surface area (Å²) in [6.45, 7) is 0. The summed E-state index contributed by atoms with van der Waals surface area (Å²) in [5, 5.41) is 1.09. The molecule has 1 aromatic heterocycles. The van der Waals surface area contributed by atoms with Crippen LogP contribution in [-0.4, -0.2) is 11.0 Å². The van der Waals surface area contributed by atoms with Gasteiger partial charge in [-0.15, -0.1) is 0 Å². The molecular weight excluding hydrogens is 238 g/mol. The van der Waals surface area contributed by atoms with Gasteiger partial charge in [0.1, 0.15) is 0 Å². The summed E-state index contributed by atoms with van der Waals surface area (Å²) in [5.41, 5.74) is 3.67.